The second-order valence-electron chi connectivity index (χ2n) is 17.6. The third kappa shape index (κ3) is 39.1. The van der Waals surface area contributed by atoms with Gasteiger partial charge >= 0.3 is 5.97 Å². The zero-order chi connectivity index (χ0) is 39.6. The van der Waals surface area contributed by atoms with Gasteiger partial charge in [-0.05, 0) is 46.3 Å². The number of amides is 1. The lowest BCUT2D eigenvalue weighted by atomic mass is 9.91. The summed E-state index contributed by atoms with van der Waals surface area (Å²) in [6.07, 6.45) is 51.4. The Morgan fingerprint density at radius 3 is 1.04 bits per heavy atom. The van der Waals surface area contributed by atoms with Gasteiger partial charge in [0.05, 0.1) is 5.92 Å². The summed E-state index contributed by atoms with van der Waals surface area (Å²) in [5.74, 6) is -1.18. The molecular weight excluding hydrogens is 665 g/mol. The molecule has 0 fully saturated rings. The van der Waals surface area contributed by atoms with Gasteiger partial charge < -0.3 is 15.3 Å². The van der Waals surface area contributed by atoms with Gasteiger partial charge in [-0.25, -0.2) is 0 Å². The van der Waals surface area contributed by atoms with E-state index in [2.05, 4.69) is 31.2 Å². The van der Waals surface area contributed by atoms with Crippen LogP contribution < -0.4 is 5.32 Å². The van der Waals surface area contributed by atoms with Crippen molar-refractivity contribution in [3.05, 3.63) is 0 Å². The highest BCUT2D eigenvalue weighted by Gasteiger charge is 2.27. The second kappa shape index (κ2) is 43.0. The van der Waals surface area contributed by atoms with Gasteiger partial charge in [-0.2, -0.15) is 0 Å². The van der Waals surface area contributed by atoms with Crippen LogP contribution in [0.4, 0.5) is 0 Å². The van der Waals surface area contributed by atoms with Gasteiger partial charge in [0.1, 0.15) is 0 Å². The van der Waals surface area contributed by atoms with Crippen molar-refractivity contribution < 1.29 is 14.7 Å². The fourth-order valence-electron chi connectivity index (χ4n) is 8.25. The van der Waals surface area contributed by atoms with Crippen molar-refractivity contribution in [2.75, 3.05) is 20.6 Å². The molecule has 0 aromatic carbocycles. The summed E-state index contributed by atoms with van der Waals surface area (Å²) in [4.78, 5) is 27.1. The first-order valence-electron chi connectivity index (χ1n) is 24.6. The van der Waals surface area contributed by atoms with E-state index in [0.717, 1.165) is 25.7 Å². The Balaban J connectivity index is 3.65. The maximum atomic E-state index is 12.7. The number of nitrogens with one attached hydrogen (secondary N) is 1. The van der Waals surface area contributed by atoms with Gasteiger partial charge in [-0.3, -0.25) is 9.59 Å². The number of unbranched alkanes of at least 4 members (excludes halogenated alkanes) is 35. The van der Waals surface area contributed by atoms with Crippen molar-refractivity contribution in [2.45, 2.75) is 277 Å². The predicted octanol–water partition coefficient (Wildman–Crippen LogP) is 15.4. The molecule has 1 amide bonds. The molecule has 0 aliphatic heterocycles. The van der Waals surface area contributed by atoms with E-state index >= 15 is 0 Å². The Morgan fingerprint density at radius 1 is 0.444 bits per heavy atom. The number of carbonyl (C=O) groups is 2. The highest BCUT2D eigenvalue weighted by atomic mass is 16.4. The first-order chi connectivity index (χ1) is 26.4. The molecule has 2 unspecified atom stereocenters. The minimum Gasteiger partial charge on any atom is -0.481 e. The second-order valence-corrected chi connectivity index (χ2v) is 17.6. The lowest BCUT2D eigenvalue weighted by Gasteiger charge is -2.24. The number of hydrogen-bond acceptors (Lipinski definition) is 3. The minimum atomic E-state index is -0.753. The maximum absolute atomic E-state index is 12.7. The molecule has 0 saturated heterocycles. The lowest BCUT2D eigenvalue weighted by molar-refractivity contribution is -0.143. The summed E-state index contributed by atoms with van der Waals surface area (Å²) >= 11 is 0. The van der Waals surface area contributed by atoms with Crippen LogP contribution in [0.2, 0.25) is 0 Å². The van der Waals surface area contributed by atoms with Crippen LogP contribution in [-0.2, 0) is 9.59 Å². The summed E-state index contributed by atoms with van der Waals surface area (Å²) in [7, 11) is 4.33. The van der Waals surface area contributed by atoms with Crippen molar-refractivity contribution in [2.24, 2.45) is 5.92 Å². The number of nitrogens with zero attached hydrogens (tertiary/aromatic N) is 1. The van der Waals surface area contributed by atoms with Crippen molar-refractivity contribution >= 4 is 11.9 Å². The van der Waals surface area contributed by atoms with E-state index in [1.807, 2.05) is 6.92 Å². The molecule has 0 bridgehead atoms. The fraction of sp³-hybridized carbons (Fsp3) is 0.959. The number of carboxylic acids is 1. The topological polar surface area (TPSA) is 69.6 Å². The summed E-state index contributed by atoms with van der Waals surface area (Å²) in [5, 5.41) is 13.0. The van der Waals surface area contributed by atoms with Crippen molar-refractivity contribution in [3.63, 3.8) is 0 Å². The molecule has 5 heteroatoms. The smallest absolute Gasteiger partial charge is 0.308 e. The first kappa shape index (κ1) is 52.9. The van der Waals surface area contributed by atoms with Crippen LogP contribution in [0.3, 0.4) is 0 Å². The van der Waals surface area contributed by atoms with Crippen LogP contribution in [0.5, 0.6) is 0 Å². The average Bonchev–Trinajstić information content (AvgIpc) is 3.15. The molecule has 0 radical (unpaired) electrons. The molecule has 5 nitrogen and oxygen atoms in total. The zero-order valence-corrected chi connectivity index (χ0v) is 37.4. The lowest BCUT2D eigenvalue weighted by Crippen LogP contribution is -2.43. The molecule has 54 heavy (non-hydrogen) atoms. The third-order valence-corrected chi connectivity index (χ3v) is 12.0. The van der Waals surface area contributed by atoms with E-state index in [4.69, 9.17) is 0 Å². The van der Waals surface area contributed by atoms with Crippen LogP contribution in [0.25, 0.3) is 0 Å². The van der Waals surface area contributed by atoms with E-state index in [1.165, 1.54) is 218 Å². The SMILES string of the molecule is CCCCCCCCCCCCCCCCCCCCCC(=O)NC(CC)C(CCCCCCCCCCCCCCCCCCCCN(C)C)C(=O)O. The van der Waals surface area contributed by atoms with E-state index < -0.39 is 11.9 Å². The Morgan fingerprint density at radius 2 is 0.741 bits per heavy atom. The number of carboxylic acid groups (broad SMARTS) is 1. The van der Waals surface area contributed by atoms with Crippen LogP contribution in [0, 0.1) is 5.92 Å². The molecule has 0 rings (SSSR count). The van der Waals surface area contributed by atoms with E-state index in [0.29, 0.717) is 19.3 Å². The van der Waals surface area contributed by atoms with Crippen LogP contribution in [-0.4, -0.2) is 48.6 Å². The molecule has 2 N–H and O–H groups in total. The van der Waals surface area contributed by atoms with Gasteiger partial charge in [-0.15, -0.1) is 0 Å². The molecule has 0 aliphatic carbocycles. The monoisotopic (exact) mass is 763 g/mol. The van der Waals surface area contributed by atoms with E-state index in [-0.39, 0.29) is 11.9 Å². The highest BCUT2D eigenvalue weighted by Crippen LogP contribution is 2.20. The van der Waals surface area contributed by atoms with Crippen molar-refractivity contribution in [1.82, 2.24) is 10.2 Å². The Hall–Kier alpha value is -1.10. The number of rotatable bonds is 45. The first-order valence-corrected chi connectivity index (χ1v) is 24.6. The van der Waals surface area contributed by atoms with Gasteiger partial charge in [0, 0.05) is 12.5 Å². The molecule has 0 spiro atoms. The number of carbonyl (C=O) groups excluding carboxylic acids is 1. The van der Waals surface area contributed by atoms with Gasteiger partial charge in [-0.1, -0.05) is 239 Å². The molecule has 0 aliphatic rings. The highest BCUT2D eigenvalue weighted by molar-refractivity contribution is 5.78. The zero-order valence-electron chi connectivity index (χ0n) is 37.4. The van der Waals surface area contributed by atoms with Crippen molar-refractivity contribution in [1.29, 1.82) is 0 Å². The van der Waals surface area contributed by atoms with Gasteiger partial charge in [0.2, 0.25) is 5.91 Å². The van der Waals surface area contributed by atoms with Crippen LogP contribution in [0.15, 0.2) is 0 Å². The molecule has 0 saturated carbocycles. The van der Waals surface area contributed by atoms with Crippen LogP contribution >= 0.6 is 0 Å². The quantitative estimate of drug-likeness (QED) is 0.0606. The predicted molar refractivity (Wildman–Crippen MR) is 238 cm³/mol. The fourth-order valence-corrected chi connectivity index (χ4v) is 8.25. The summed E-state index contributed by atoms with van der Waals surface area (Å²) < 4.78 is 0. The normalized spacial score (nSPS) is 12.8. The Labute approximate surface area is 339 Å². The third-order valence-electron chi connectivity index (χ3n) is 12.0. The molecule has 0 heterocycles. The van der Waals surface area contributed by atoms with Gasteiger partial charge in [0.25, 0.3) is 0 Å². The number of hydrogen-bond donors (Lipinski definition) is 2. The molecule has 2 atom stereocenters. The average molecular weight is 763 g/mol. The molecule has 322 valence electrons. The Kier molecular flexibility index (Phi) is 42.2. The largest absolute Gasteiger partial charge is 0.481 e. The molecule has 0 aromatic heterocycles. The summed E-state index contributed by atoms with van der Waals surface area (Å²) in [6, 6.07) is -0.252. The van der Waals surface area contributed by atoms with E-state index in [1.54, 1.807) is 0 Å². The number of aliphatic carboxylic acids is 1. The molecular formula is C49H98N2O3. The summed E-state index contributed by atoms with van der Waals surface area (Å²) in [5.41, 5.74) is 0. The summed E-state index contributed by atoms with van der Waals surface area (Å²) in [6.45, 7) is 5.53. The minimum absolute atomic E-state index is 0.0391. The standard InChI is InChI=1S/C49H98N2O3/c1-5-7-8-9-10-11-12-13-14-15-16-20-23-26-29-32-35-38-41-44-48(52)50-47(6-2)46(49(53)54)43-40-37-34-31-28-25-22-19-17-18-21-24-27-30-33-36-39-42-45-51(3)4/h46-47H,5-45H2,1-4H3,(H,50,52)(H,53,54). The molecule has 0 aromatic rings. The van der Waals surface area contributed by atoms with Gasteiger partial charge in [0.15, 0.2) is 0 Å². The van der Waals surface area contributed by atoms with Crippen molar-refractivity contribution in [3.8, 4) is 0 Å². The van der Waals surface area contributed by atoms with E-state index in [9.17, 15) is 14.7 Å². The van der Waals surface area contributed by atoms with Crippen LogP contribution in [0.1, 0.15) is 271 Å². The Bertz CT molecular complexity index is 772. The maximum Gasteiger partial charge on any atom is 0.308 e.